The van der Waals surface area contributed by atoms with E-state index in [4.69, 9.17) is 5.73 Å². The first-order chi connectivity index (χ1) is 6.96. The van der Waals surface area contributed by atoms with Crippen LogP contribution in [0.2, 0.25) is 0 Å². The van der Waals surface area contributed by atoms with Gasteiger partial charge in [0.25, 0.3) is 0 Å². The van der Waals surface area contributed by atoms with Crippen molar-refractivity contribution in [1.82, 2.24) is 4.57 Å². The van der Waals surface area contributed by atoms with Gasteiger partial charge in [0.05, 0.1) is 5.69 Å². The molecule has 0 unspecified atom stereocenters. The number of anilines is 1. The van der Waals surface area contributed by atoms with Crippen LogP contribution in [-0.4, -0.2) is 10.5 Å². The Labute approximate surface area is 85.5 Å². The van der Waals surface area contributed by atoms with Crippen LogP contribution in [0.15, 0.2) is 23.3 Å². The van der Waals surface area contributed by atoms with Crippen molar-refractivity contribution in [3.8, 4) is 0 Å². The van der Waals surface area contributed by atoms with Gasteiger partial charge in [0.1, 0.15) is 0 Å². The van der Waals surface area contributed by atoms with Crippen LogP contribution in [0, 0.1) is 5.92 Å². The predicted molar refractivity (Wildman–Crippen MR) is 52.8 cm³/mol. The zero-order valence-electron chi connectivity index (χ0n) is 8.12. The number of aromatic nitrogens is 1. The number of rotatable bonds is 2. The van der Waals surface area contributed by atoms with E-state index in [2.05, 4.69) is 0 Å². The molecule has 0 aliphatic heterocycles. The molecule has 2 rings (SSSR count). The Morgan fingerprint density at radius 3 is 2.73 bits per heavy atom. The molecule has 82 valence electrons. The van der Waals surface area contributed by atoms with Crippen LogP contribution in [0.5, 0.6) is 0 Å². The van der Waals surface area contributed by atoms with E-state index < -0.39 is 5.92 Å². The summed E-state index contributed by atoms with van der Waals surface area (Å²) in [5.74, 6) is -2.50. The van der Waals surface area contributed by atoms with Crippen LogP contribution in [0.3, 0.4) is 0 Å². The topological polar surface area (TPSA) is 48.0 Å². The summed E-state index contributed by atoms with van der Waals surface area (Å²) in [4.78, 5) is 11.0. The number of alkyl halides is 2. The summed E-state index contributed by atoms with van der Waals surface area (Å²) in [5, 5.41) is 0. The lowest BCUT2D eigenvalue weighted by Gasteiger charge is -2.35. The number of nitrogens with two attached hydrogens (primary N) is 1. The zero-order valence-corrected chi connectivity index (χ0v) is 8.12. The van der Waals surface area contributed by atoms with Crippen LogP contribution in [0.25, 0.3) is 0 Å². The molecule has 1 aliphatic carbocycles. The first-order valence-corrected chi connectivity index (χ1v) is 4.80. The van der Waals surface area contributed by atoms with Crippen LogP contribution >= 0.6 is 0 Å². The van der Waals surface area contributed by atoms with Crippen LogP contribution in [-0.2, 0) is 6.54 Å². The molecule has 0 aromatic carbocycles. The van der Waals surface area contributed by atoms with E-state index in [0.29, 0.717) is 6.54 Å². The van der Waals surface area contributed by atoms with E-state index in [9.17, 15) is 13.6 Å². The quantitative estimate of drug-likeness (QED) is 0.810. The van der Waals surface area contributed by atoms with Crippen molar-refractivity contribution < 1.29 is 8.78 Å². The van der Waals surface area contributed by atoms with Crippen LogP contribution in [0.4, 0.5) is 14.5 Å². The van der Waals surface area contributed by atoms with E-state index >= 15 is 0 Å². The van der Waals surface area contributed by atoms with Gasteiger partial charge in [0.15, 0.2) is 0 Å². The molecule has 0 atom stereocenters. The molecule has 0 spiro atoms. The van der Waals surface area contributed by atoms with E-state index in [1.807, 2.05) is 0 Å². The molecule has 0 bridgehead atoms. The minimum absolute atomic E-state index is 0.0121. The smallest absolute Gasteiger partial charge is 0.248 e. The SMILES string of the molecule is Nc1cn(CC2CC(F)(F)C2)ccc1=O. The Kier molecular flexibility index (Phi) is 2.25. The number of hydrogen-bond acceptors (Lipinski definition) is 2. The van der Waals surface area contributed by atoms with Gasteiger partial charge in [-0.1, -0.05) is 0 Å². The van der Waals surface area contributed by atoms with Gasteiger partial charge < -0.3 is 10.3 Å². The Balaban J connectivity index is 2.01. The Morgan fingerprint density at radius 2 is 2.20 bits per heavy atom. The monoisotopic (exact) mass is 214 g/mol. The first-order valence-electron chi connectivity index (χ1n) is 4.80. The van der Waals surface area contributed by atoms with Crippen molar-refractivity contribution in [2.45, 2.75) is 25.3 Å². The van der Waals surface area contributed by atoms with Gasteiger partial charge in [-0.3, -0.25) is 4.79 Å². The van der Waals surface area contributed by atoms with Crippen LogP contribution < -0.4 is 11.2 Å². The van der Waals surface area contributed by atoms with Crippen molar-refractivity contribution >= 4 is 5.69 Å². The Morgan fingerprint density at radius 1 is 1.53 bits per heavy atom. The Bertz CT molecular complexity index is 420. The molecule has 0 radical (unpaired) electrons. The second-order valence-electron chi connectivity index (χ2n) is 4.09. The van der Waals surface area contributed by atoms with Gasteiger partial charge in [0.2, 0.25) is 11.4 Å². The van der Waals surface area contributed by atoms with Gasteiger partial charge in [-0.25, -0.2) is 8.78 Å². The molecule has 1 aromatic rings. The second-order valence-corrected chi connectivity index (χ2v) is 4.09. The molecule has 3 nitrogen and oxygen atoms in total. The molecular weight excluding hydrogens is 202 g/mol. The van der Waals surface area contributed by atoms with Crippen molar-refractivity contribution in [1.29, 1.82) is 0 Å². The average Bonchev–Trinajstić information content (AvgIpc) is 2.08. The second kappa shape index (κ2) is 3.32. The summed E-state index contributed by atoms with van der Waals surface area (Å²) in [6, 6.07) is 1.35. The molecule has 1 aromatic heterocycles. The van der Waals surface area contributed by atoms with Crippen molar-refractivity contribution in [3.63, 3.8) is 0 Å². The maximum atomic E-state index is 12.6. The third-order valence-corrected chi connectivity index (χ3v) is 2.65. The fourth-order valence-corrected chi connectivity index (χ4v) is 1.87. The highest BCUT2D eigenvalue weighted by atomic mass is 19.3. The predicted octanol–water partition coefficient (Wildman–Crippen LogP) is 1.48. The largest absolute Gasteiger partial charge is 0.394 e. The van der Waals surface area contributed by atoms with E-state index in [0.717, 1.165) is 0 Å². The minimum Gasteiger partial charge on any atom is -0.394 e. The molecular formula is C10H12F2N2O. The normalized spacial score (nSPS) is 19.9. The lowest BCUT2D eigenvalue weighted by molar-refractivity contribution is -0.114. The summed E-state index contributed by atoms with van der Waals surface area (Å²) >= 11 is 0. The molecule has 1 aliphatic rings. The van der Waals surface area contributed by atoms with E-state index in [-0.39, 0.29) is 29.9 Å². The van der Waals surface area contributed by atoms with E-state index in [1.165, 1.54) is 12.3 Å². The minimum atomic E-state index is -2.49. The molecule has 2 N–H and O–H groups in total. The van der Waals surface area contributed by atoms with Gasteiger partial charge in [-0.15, -0.1) is 0 Å². The molecule has 1 fully saturated rings. The summed E-state index contributed by atoms with van der Waals surface area (Å²) in [7, 11) is 0. The highest BCUT2D eigenvalue weighted by Crippen LogP contribution is 2.42. The first kappa shape index (κ1) is 10.1. The fourth-order valence-electron chi connectivity index (χ4n) is 1.87. The fraction of sp³-hybridized carbons (Fsp3) is 0.500. The van der Waals surface area contributed by atoms with Gasteiger partial charge in [-0.2, -0.15) is 0 Å². The van der Waals surface area contributed by atoms with Crippen LogP contribution in [0.1, 0.15) is 12.8 Å². The highest BCUT2D eigenvalue weighted by molar-refractivity contribution is 5.33. The highest BCUT2D eigenvalue weighted by Gasteiger charge is 2.44. The number of nitrogen functional groups attached to an aromatic ring is 1. The summed E-state index contributed by atoms with van der Waals surface area (Å²) in [6.07, 6.45) is 2.94. The maximum absolute atomic E-state index is 12.6. The van der Waals surface area contributed by atoms with E-state index in [1.54, 1.807) is 10.8 Å². The molecule has 0 saturated heterocycles. The Hall–Kier alpha value is -1.39. The van der Waals surface area contributed by atoms with Crippen molar-refractivity contribution in [3.05, 3.63) is 28.7 Å². The molecule has 1 heterocycles. The zero-order chi connectivity index (χ0) is 11.1. The standard InChI is InChI=1S/C10H12F2N2O/c11-10(12)3-7(4-10)5-14-2-1-9(15)8(13)6-14/h1-2,6-7H,3-5,13H2. The van der Waals surface area contributed by atoms with Crippen molar-refractivity contribution in [2.24, 2.45) is 5.92 Å². The third kappa shape index (κ3) is 2.16. The number of pyridine rings is 1. The number of halogens is 2. The number of hydrogen-bond donors (Lipinski definition) is 1. The summed E-state index contributed by atoms with van der Waals surface area (Å²) < 4.78 is 26.8. The number of nitrogens with zero attached hydrogens (tertiary/aromatic N) is 1. The lowest BCUT2D eigenvalue weighted by atomic mass is 9.81. The summed E-state index contributed by atoms with van der Waals surface area (Å²) in [6.45, 7) is 0.500. The van der Waals surface area contributed by atoms with Gasteiger partial charge >= 0.3 is 0 Å². The molecule has 15 heavy (non-hydrogen) atoms. The third-order valence-electron chi connectivity index (χ3n) is 2.65. The molecule has 0 amide bonds. The lowest BCUT2D eigenvalue weighted by Crippen LogP contribution is -2.37. The van der Waals surface area contributed by atoms with Gasteiger partial charge in [0, 0.05) is 37.8 Å². The maximum Gasteiger partial charge on any atom is 0.248 e. The molecule has 1 saturated carbocycles. The molecule has 5 heteroatoms. The average molecular weight is 214 g/mol. The van der Waals surface area contributed by atoms with Gasteiger partial charge in [-0.05, 0) is 5.92 Å². The van der Waals surface area contributed by atoms with Crippen molar-refractivity contribution in [2.75, 3.05) is 5.73 Å². The summed E-state index contributed by atoms with van der Waals surface area (Å²) in [5.41, 5.74) is 5.35.